The van der Waals surface area contributed by atoms with Gasteiger partial charge in [0.2, 0.25) is 5.91 Å². The van der Waals surface area contributed by atoms with E-state index in [0.717, 1.165) is 48.1 Å². The Balaban J connectivity index is 1.50. The maximum atomic E-state index is 13.1. The SMILES string of the molecule is COc1ccc(CC(=O)Nc2sc3c(c2C(=O)NCc2ccccc2)CCCC3)cc1. The van der Waals surface area contributed by atoms with E-state index in [-0.39, 0.29) is 18.2 Å². The van der Waals surface area contributed by atoms with Crippen LogP contribution in [-0.4, -0.2) is 18.9 Å². The van der Waals surface area contributed by atoms with Gasteiger partial charge in [0.1, 0.15) is 10.8 Å². The molecule has 1 heterocycles. The summed E-state index contributed by atoms with van der Waals surface area (Å²) in [6, 6.07) is 17.3. The lowest BCUT2D eigenvalue weighted by Crippen LogP contribution is -2.25. The number of nitrogens with one attached hydrogen (secondary N) is 2. The Labute approximate surface area is 186 Å². The summed E-state index contributed by atoms with van der Waals surface area (Å²) in [7, 11) is 1.62. The second-order valence-corrected chi connectivity index (χ2v) is 8.76. The zero-order valence-electron chi connectivity index (χ0n) is 17.6. The van der Waals surface area contributed by atoms with Gasteiger partial charge >= 0.3 is 0 Å². The van der Waals surface area contributed by atoms with Crippen molar-refractivity contribution in [1.29, 1.82) is 0 Å². The van der Waals surface area contributed by atoms with E-state index in [1.807, 2.05) is 54.6 Å². The molecule has 0 radical (unpaired) electrons. The number of anilines is 1. The van der Waals surface area contributed by atoms with Crippen LogP contribution in [0.2, 0.25) is 0 Å². The number of methoxy groups -OCH3 is 1. The molecule has 2 N–H and O–H groups in total. The van der Waals surface area contributed by atoms with Crippen molar-refractivity contribution < 1.29 is 14.3 Å². The van der Waals surface area contributed by atoms with Crippen molar-refractivity contribution in [2.45, 2.75) is 38.6 Å². The fourth-order valence-corrected chi connectivity index (χ4v) is 5.16. The zero-order valence-corrected chi connectivity index (χ0v) is 18.4. The molecule has 1 aliphatic carbocycles. The monoisotopic (exact) mass is 434 g/mol. The van der Waals surface area contributed by atoms with E-state index >= 15 is 0 Å². The molecule has 160 valence electrons. The van der Waals surface area contributed by atoms with Crippen molar-refractivity contribution in [3.05, 3.63) is 81.7 Å². The van der Waals surface area contributed by atoms with E-state index in [0.29, 0.717) is 17.1 Å². The number of ether oxygens (including phenoxy) is 1. The Hall–Kier alpha value is -3.12. The molecule has 1 aliphatic rings. The predicted octanol–water partition coefficient (Wildman–Crippen LogP) is 4.75. The first kappa shape index (κ1) is 21.1. The molecule has 5 nitrogen and oxygen atoms in total. The molecule has 2 aromatic carbocycles. The molecule has 0 bridgehead atoms. The summed E-state index contributed by atoms with van der Waals surface area (Å²) in [5.74, 6) is 0.510. The molecule has 0 unspecified atom stereocenters. The third-order valence-corrected chi connectivity index (χ3v) is 6.68. The van der Waals surface area contributed by atoms with Crippen molar-refractivity contribution >= 4 is 28.2 Å². The van der Waals surface area contributed by atoms with E-state index in [1.165, 1.54) is 4.88 Å². The number of aryl methyl sites for hydroxylation is 1. The molecule has 3 aromatic rings. The molecule has 6 heteroatoms. The fourth-order valence-electron chi connectivity index (χ4n) is 3.86. The van der Waals surface area contributed by atoms with Crippen molar-refractivity contribution in [3.8, 4) is 5.75 Å². The summed E-state index contributed by atoms with van der Waals surface area (Å²) in [5, 5.41) is 6.70. The predicted molar refractivity (Wildman–Crippen MR) is 124 cm³/mol. The highest BCUT2D eigenvalue weighted by atomic mass is 32.1. The molecule has 0 saturated carbocycles. The molecule has 0 spiro atoms. The van der Waals surface area contributed by atoms with Crippen LogP contribution < -0.4 is 15.4 Å². The van der Waals surface area contributed by atoms with Crippen LogP contribution in [0.5, 0.6) is 5.75 Å². The quantitative estimate of drug-likeness (QED) is 0.564. The smallest absolute Gasteiger partial charge is 0.254 e. The molecule has 2 amide bonds. The highest BCUT2D eigenvalue weighted by Gasteiger charge is 2.26. The van der Waals surface area contributed by atoms with Crippen LogP contribution in [0.1, 0.15) is 44.8 Å². The van der Waals surface area contributed by atoms with Crippen LogP contribution in [0.4, 0.5) is 5.00 Å². The van der Waals surface area contributed by atoms with Crippen molar-refractivity contribution in [3.63, 3.8) is 0 Å². The first-order valence-electron chi connectivity index (χ1n) is 10.5. The third-order valence-electron chi connectivity index (χ3n) is 5.47. The Kier molecular flexibility index (Phi) is 6.67. The van der Waals surface area contributed by atoms with Gasteiger partial charge in [0.25, 0.3) is 5.91 Å². The molecule has 0 fully saturated rings. The minimum Gasteiger partial charge on any atom is -0.497 e. The van der Waals surface area contributed by atoms with E-state index in [2.05, 4.69) is 10.6 Å². The van der Waals surface area contributed by atoms with Gasteiger partial charge in [-0.1, -0.05) is 42.5 Å². The molecule has 0 aliphatic heterocycles. The van der Waals surface area contributed by atoms with Gasteiger partial charge in [-0.05, 0) is 54.5 Å². The number of benzene rings is 2. The Morgan fingerprint density at radius 1 is 0.968 bits per heavy atom. The van der Waals surface area contributed by atoms with Gasteiger partial charge in [0.15, 0.2) is 0 Å². The highest BCUT2D eigenvalue weighted by Crippen LogP contribution is 2.38. The number of hydrogen-bond acceptors (Lipinski definition) is 4. The lowest BCUT2D eigenvalue weighted by molar-refractivity contribution is -0.115. The Bertz CT molecular complexity index is 1060. The van der Waals surface area contributed by atoms with Crippen LogP contribution in [-0.2, 0) is 30.6 Å². The number of thiophene rings is 1. The maximum Gasteiger partial charge on any atom is 0.254 e. The Morgan fingerprint density at radius 3 is 2.45 bits per heavy atom. The molecule has 0 atom stereocenters. The minimum absolute atomic E-state index is 0.122. The number of carbonyl (C=O) groups is 2. The highest BCUT2D eigenvalue weighted by molar-refractivity contribution is 7.17. The summed E-state index contributed by atoms with van der Waals surface area (Å²) in [5.41, 5.74) is 3.68. The lowest BCUT2D eigenvalue weighted by atomic mass is 9.95. The minimum atomic E-state index is -0.124. The molecule has 4 rings (SSSR count). The van der Waals surface area contributed by atoms with E-state index < -0.39 is 0 Å². The lowest BCUT2D eigenvalue weighted by Gasteiger charge is -2.13. The summed E-state index contributed by atoms with van der Waals surface area (Å²) in [6.07, 6.45) is 4.29. The van der Waals surface area contributed by atoms with E-state index in [9.17, 15) is 9.59 Å². The fraction of sp³-hybridized carbons (Fsp3) is 0.280. The van der Waals surface area contributed by atoms with Gasteiger partial charge in [0, 0.05) is 11.4 Å². The topological polar surface area (TPSA) is 67.4 Å². The molecular formula is C25H26N2O3S. The number of fused-ring (bicyclic) bond motifs is 1. The molecule has 1 aromatic heterocycles. The second kappa shape index (κ2) is 9.79. The molecular weight excluding hydrogens is 408 g/mol. The summed E-state index contributed by atoms with van der Waals surface area (Å²) in [6.45, 7) is 0.462. The van der Waals surface area contributed by atoms with E-state index in [1.54, 1.807) is 18.4 Å². The number of rotatable bonds is 7. The van der Waals surface area contributed by atoms with Gasteiger partial charge in [0.05, 0.1) is 19.1 Å². The maximum absolute atomic E-state index is 13.1. The van der Waals surface area contributed by atoms with Gasteiger partial charge in [-0.2, -0.15) is 0 Å². The zero-order chi connectivity index (χ0) is 21.6. The van der Waals surface area contributed by atoms with E-state index in [4.69, 9.17) is 4.74 Å². The van der Waals surface area contributed by atoms with Gasteiger partial charge in [-0.15, -0.1) is 11.3 Å². The number of carbonyl (C=O) groups excluding carboxylic acids is 2. The number of hydrogen-bond donors (Lipinski definition) is 2. The van der Waals surface area contributed by atoms with Crippen molar-refractivity contribution in [2.24, 2.45) is 0 Å². The Morgan fingerprint density at radius 2 is 1.71 bits per heavy atom. The molecule has 31 heavy (non-hydrogen) atoms. The number of amides is 2. The summed E-state index contributed by atoms with van der Waals surface area (Å²) in [4.78, 5) is 27.1. The van der Waals surface area contributed by atoms with Gasteiger partial charge in [-0.3, -0.25) is 9.59 Å². The largest absolute Gasteiger partial charge is 0.497 e. The summed E-state index contributed by atoms with van der Waals surface area (Å²) >= 11 is 1.54. The normalized spacial score (nSPS) is 12.7. The van der Waals surface area contributed by atoms with Crippen LogP contribution in [0.15, 0.2) is 54.6 Å². The first-order valence-corrected chi connectivity index (χ1v) is 11.3. The average Bonchev–Trinajstić information content (AvgIpc) is 3.16. The standard InChI is InChI=1S/C25H26N2O3S/c1-30-19-13-11-17(12-14-19)15-22(28)27-25-23(20-9-5-6-10-21(20)31-25)24(29)26-16-18-7-3-2-4-8-18/h2-4,7-8,11-14H,5-6,9-10,15-16H2,1H3,(H,26,29)(H,27,28). The van der Waals surface area contributed by atoms with Crippen LogP contribution >= 0.6 is 11.3 Å². The van der Waals surface area contributed by atoms with Crippen molar-refractivity contribution in [1.82, 2.24) is 5.32 Å². The molecule has 0 saturated heterocycles. The summed E-state index contributed by atoms with van der Waals surface area (Å²) < 4.78 is 5.17. The van der Waals surface area contributed by atoms with Crippen LogP contribution in [0, 0.1) is 0 Å². The second-order valence-electron chi connectivity index (χ2n) is 7.66. The van der Waals surface area contributed by atoms with Gasteiger partial charge < -0.3 is 15.4 Å². The van der Waals surface area contributed by atoms with Gasteiger partial charge in [-0.25, -0.2) is 0 Å². The first-order chi connectivity index (χ1) is 15.1. The van der Waals surface area contributed by atoms with Crippen LogP contribution in [0.3, 0.4) is 0 Å². The average molecular weight is 435 g/mol. The van der Waals surface area contributed by atoms with Crippen molar-refractivity contribution in [2.75, 3.05) is 12.4 Å². The van der Waals surface area contributed by atoms with Crippen LogP contribution in [0.25, 0.3) is 0 Å². The third kappa shape index (κ3) is 5.14.